The van der Waals surface area contributed by atoms with Crippen molar-refractivity contribution in [2.24, 2.45) is 0 Å². The number of alkyl halides is 4. The van der Waals surface area contributed by atoms with Crippen molar-refractivity contribution in [1.82, 2.24) is 6.15 Å². The lowest BCUT2D eigenvalue weighted by Crippen LogP contribution is -2.08. The summed E-state index contributed by atoms with van der Waals surface area (Å²) in [7, 11) is 0. The van der Waals surface area contributed by atoms with Crippen LogP contribution in [0.2, 0.25) is 0 Å². The fraction of sp³-hybridized carbons (Fsp3) is 0.333. The van der Waals surface area contributed by atoms with E-state index in [4.69, 9.17) is 0 Å². The molecule has 80 valence electrons. The fourth-order valence-corrected chi connectivity index (χ4v) is 1.50. The molecule has 0 spiro atoms. The van der Waals surface area contributed by atoms with Gasteiger partial charge in [-0.25, -0.2) is 0 Å². The molecule has 1 aromatic carbocycles. The first-order valence-corrected chi connectivity index (χ1v) is 4.64. The molecule has 0 heterocycles. The van der Waals surface area contributed by atoms with Crippen molar-refractivity contribution in [2.45, 2.75) is 17.9 Å². The first kappa shape index (κ1) is 13.4. The highest BCUT2D eigenvalue weighted by molar-refractivity contribution is 9.09. The average molecular weight is 270 g/mol. The summed E-state index contributed by atoms with van der Waals surface area (Å²) >= 11 is 3.13. The van der Waals surface area contributed by atoms with Crippen LogP contribution in [0, 0.1) is 0 Å². The molecule has 0 saturated carbocycles. The number of hydrogen-bond donors (Lipinski definition) is 1. The van der Waals surface area contributed by atoms with E-state index in [0.717, 1.165) is 6.07 Å². The van der Waals surface area contributed by atoms with Gasteiger partial charge in [0.2, 0.25) is 0 Å². The van der Waals surface area contributed by atoms with Crippen molar-refractivity contribution in [3.05, 3.63) is 35.4 Å². The van der Waals surface area contributed by atoms with E-state index in [2.05, 4.69) is 15.9 Å². The minimum Gasteiger partial charge on any atom is -0.344 e. The molecule has 0 aliphatic heterocycles. The Morgan fingerprint density at radius 1 is 1.21 bits per heavy atom. The Kier molecular flexibility index (Phi) is 4.61. The summed E-state index contributed by atoms with van der Waals surface area (Å²) in [5.41, 5.74) is -0.297. The van der Waals surface area contributed by atoms with E-state index in [1.165, 1.54) is 12.1 Å². The minimum absolute atomic E-state index is 0. The van der Waals surface area contributed by atoms with E-state index >= 15 is 0 Å². The van der Waals surface area contributed by atoms with Crippen LogP contribution in [0.5, 0.6) is 0 Å². The molecule has 14 heavy (non-hydrogen) atoms. The molecule has 0 radical (unpaired) electrons. The summed E-state index contributed by atoms with van der Waals surface area (Å²) in [5, 5.41) is 0. The van der Waals surface area contributed by atoms with E-state index in [1.807, 2.05) is 0 Å². The standard InChI is InChI=1S/C9H8BrF3.H3N/c1-6(10)7-4-2-3-5-8(7)9(11,12)13;/h2-6H,1H3;1H3. The third-order valence-corrected chi connectivity index (χ3v) is 2.19. The van der Waals surface area contributed by atoms with Crippen molar-refractivity contribution in [1.29, 1.82) is 0 Å². The maximum absolute atomic E-state index is 12.4. The number of halogens is 4. The summed E-state index contributed by atoms with van der Waals surface area (Å²) in [6.45, 7) is 1.67. The van der Waals surface area contributed by atoms with Crippen LogP contribution in [0.1, 0.15) is 22.9 Å². The Labute approximate surface area is 89.0 Å². The second-order valence-corrected chi connectivity index (χ2v) is 4.07. The highest BCUT2D eigenvalue weighted by Crippen LogP contribution is 2.36. The molecule has 0 fully saturated rings. The molecular weight excluding hydrogens is 259 g/mol. The summed E-state index contributed by atoms with van der Waals surface area (Å²) in [4.78, 5) is -0.287. The van der Waals surface area contributed by atoms with Gasteiger partial charge in [-0.05, 0) is 18.6 Å². The van der Waals surface area contributed by atoms with Gasteiger partial charge in [-0.2, -0.15) is 13.2 Å². The van der Waals surface area contributed by atoms with Gasteiger partial charge in [-0.1, -0.05) is 34.1 Å². The highest BCUT2D eigenvalue weighted by atomic mass is 79.9. The molecule has 0 aromatic heterocycles. The molecule has 1 rings (SSSR count). The van der Waals surface area contributed by atoms with Gasteiger partial charge in [0.25, 0.3) is 0 Å². The maximum Gasteiger partial charge on any atom is 0.416 e. The summed E-state index contributed by atoms with van der Waals surface area (Å²) in [6.07, 6.45) is -4.27. The van der Waals surface area contributed by atoms with Gasteiger partial charge in [-0.15, -0.1) is 0 Å². The lowest BCUT2D eigenvalue weighted by atomic mass is 10.1. The summed E-state index contributed by atoms with van der Waals surface area (Å²) in [6, 6.07) is 5.55. The van der Waals surface area contributed by atoms with Crippen molar-refractivity contribution >= 4 is 15.9 Å². The van der Waals surface area contributed by atoms with Crippen LogP contribution in [0.15, 0.2) is 24.3 Å². The molecule has 0 saturated heterocycles. The van der Waals surface area contributed by atoms with Gasteiger partial charge in [-0.3, -0.25) is 0 Å². The van der Waals surface area contributed by atoms with Gasteiger partial charge in [0.15, 0.2) is 0 Å². The number of rotatable bonds is 1. The van der Waals surface area contributed by atoms with Crippen LogP contribution in [-0.4, -0.2) is 0 Å². The van der Waals surface area contributed by atoms with Crippen molar-refractivity contribution in [3.8, 4) is 0 Å². The van der Waals surface area contributed by atoms with Crippen LogP contribution in [0.3, 0.4) is 0 Å². The second-order valence-electron chi connectivity index (χ2n) is 2.70. The lowest BCUT2D eigenvalue weighted by molar-refractivity contribution is -0.138. The van der Waals surface area contributed by atoms with Gasteiger partial charge in [0.1, 0.15) is 0 Å². The predicted molar refractivity (Wildman–Crippen MR) is 53.8 cm³/mol. The first-order valence-electron chi connectivity index (χ1n) is 3.73. The normalized spacial score (nSPS) is 13.2. The molecule has 1 atom stereocenters. The topological polar surface area (TPSA) is 35.0 Å². The van der Waals surface area contributed by atoms with Crippen LogP contribution in [-0.2, 0) is 6.18 Å². The number of hydrogen-bond acceptors (Lipinski definition) is 1. The molecule has 0 bridgehead atoms. The predicted octanol–water partition coefficient (Wildman–Crippen LogP) is 4.32. The molecule has 5 heteroatoms. The molecule has 0 amide bonds. The molecule has 3 N–H and O–H groups in total. The van der Waals surface area contributed by atoms with E-state index in [-0.39, 0.29) is 16.5 Å². The highest BCUT2D eigenvalue weighted by Gasteiger charge is 2.33. The van der Waals surface area contributed by atoms with Gasteiger partial charge in [0.05, 0.1) is 5.56 Å². The zero-order chi connectivity index (χ0) is 10.1. The molecule has 1 nitrogen and oxygen atoms in total. The van der Waals surface area contributed by atoms with Crippen molar-refractivity contribution < 1.29 is 13.2 Å². The van der Waals surface area contributed by atoms with E-state index in [9.17, 15) is 13.2 Å². The van der Waals surface area contributed by atoms with Crippen LogP contribution in [0.25, 0.3) is 0 Å². The van der Waals surface area contributed by atoms with Gasteiger partial charge < -0.3 is 6.15 Å². The zero-order valence-corrected chi connectivity index (χ0v) is 9.19. The first-order chi connectivity index (χ1) is 5.93. The van der Waals surface area contributed by atoms with Gasteiger partial charge in [0, 0.05) is 4.83 Å². The smallest absolute Gasteiger partial charge is 0.344 e. The largest absolute Gasteiger partial charge is 0.416 e. The SMILES string of the molecule is CC(Br)c1ccccc1C(F)(F)F.N. The van der Waals surface area contributed by atoms with E-state index in [1.54, 1.807) is 13.0 Å². The Balaban J connectivity index is 0.00000169. The Morgan fingerprint density at radius 2 is 1.71 bits per heavy atom. The van der Waals surface area contributed by atoms with Gasteiger partial charge >= 0.3 is 6.18 Å². The molecular formula is C9H11BrF3N. The number of benzene rings is 1. The quantitative estimate of drug-likeness (QED) is 0.757. The Morgan fingerprint density at radius 3 is 2.07 bits per heavy atom. The monoisotopic (exact) mass is 269 g/mol. The second kappa shape index (κ2) is 4.79. The minimum atomic E-state index is -4.27. The molecule has 1 aromatic rings. The zero-order valence-electron chi connectivity index (χ0n) is 7.61. The Bertz CT molecular complexity index is 296. The summed E-state index contributed by atoms with van der Waals surface area (Å²) in [5.74, 6) is 0. The third-order valence-electron chi connectivity index (χ3n) is 1.69. The van der Waals surface area contributed by atoms with Crippen LogP contribution >= 0.6 is 15.9 Å². The molecule has 1 unspecified atom stereocenters. The van der Waals surface area contributed by atoms with Crippen LogP contribution < -0.4 is 6.15 Å². The Hall–Kier alpha value is -0.550. The third kappa shape index (κ3) is 2.99. The maximum atomic E-state index is 12.4. The molecule has 0 aliphatic rings. The summed E-state index contributed by atoms with van der Waals surface area (Å²) < 4.78 is 37.2. The molecule has 0 aliphatic carbocycles. The van der Waals surface area contributed by atoms with Crippen molar-refractivity contribution in [2.75, 3.05) is 0 Å². The van der Waals surface area contributed by atoms with E-state index in [0.29, 0.717) is 0 Å². The van der Waals surface area contributed by atoms with E-state index < -0.39 is 11.7 Å². The van der Waals surface area contributed by atoms with Crippen molar-refractivity contribution in [3.63, 3.8) is 0 Å². The average Bonchev–Trinajstić information content (AvgIpc) is 2.03. The van der Waals surface area contributed by atoms with Crippen LogP contribution in [0.4, 0.5) is 13.2 Å². The lowest BCUT2D eigenvalue weighted by Gasteiger charge is -2.13. The fourth-order valence-electron chi connectivity index (χ4n) is 1.10.